The van der Waals surface area contributed by atoms with Gasteiger partial charge in [0.1, 0.15) is 0 Å². The molecule has 122 valence electrons. The Labute approximate surface area is 145 Å². The number of nitrogens with zero attached hydrogens (tertiary/aromatic N) is 3. The molecule has 1 atom stereocenters. The molecule has 1 aliphatic heterocycles. The Kier molecular flexibility index (Phi) is 4.02. The molecule has 1 amide bonds. The second kappa shape index (κ2) is 6.32. The smallest absolute Gasteiger partial charge is 0.256 e. The van der Waals surface area contributed by atoms with E-state index >= 15 is 0 Å². The highest BCUT2D eigenvalue weighted by molar-refractivity contribution is 7.11. The van der Waals surface area contributed by atoms with Crippen LogP contribution in [-0.2, 0) is 0 Å². The molecule has 24 heavy (non-hydrogen) atoms. The first-order chi connectivity index (χ1) is 11.7. The van der Waals surface area contributed by atoms with Crippen LogP contribution in [0.15, 0.2) is 42.7 Å². The lowest BCUT2D eigenvalue weighted by Crippen LogP contribution is -2.39. The first-order valence-corrected chi connectivity index (χ1v) is 9.09. The minimum atomic E-state index is 0.0808. The average molecular weight is 337 g/mol. The molecule has 1 saturated heterocycles. The zero-order valence-corrected chi connectivity index (χ0v) is 14.4. The van der Waals surface area contributed by atoms with E-state index in [-0.39, 0.29) is 5.91 Å². The molecule has 3 heterocycles. The van der Waals surface area contributed by atoms with Crippen LogP contribution in [0.1, 0.15) is 39.0 Å². The van der Waals surface area contributed by atoms with Gasteiger partial charge in [-0.1, -0.05) is 18.2 Å². The van der Waals surface area contributed by atoms with Crippen molar-refractivity contribution in [3.8, 4) is 0 Å². The maximum Gasteiger partial charge on any atom is 0.256 e. The molecule has 4 rings (SSSR count). The highest BCUT2D eigenvalue weighted by atomic mass is 32.1. The van der Waals surface area contributed by atoms with Crippen molar-refractivity contribution in [3.63, 3.8) is 0 Å². The van der Waals surface area contributed by atoms with Crippen LogP contribution in [0.5, 0.6) is 0 Å². The first kappa shape index (κ1) is 15.3. The summed E-state index contributed by atoms with van der Waals surface area (Å²) in [6.45, 7) is 3.63. The van der Waals surface area contributed by atoms with Crippen molar-refractivity contribution >= 4 is 28.1 Å². The van der Waals surface area contributed by atoms with E-state index < -0.39 is 0 Å². The molecule has 0 bridgehead atoms. The van der Waals surface area contributed by atoms with Gasteiger partial charge in [-0.05, 0) is 31.9 Å². The van der Waals surface area contributed by atoms with Crippen LogP contribution < -0.4 is 0 Å². The maximum atomic E-state index is 13.1. The van der Waals surface area contributed by atoms with Crippen LogP contribution in [0.3, 0.4) is 0 Å². The summed E-state index contributed by atoms with van der Waals surface area (Å²) in [5, 5.41) is 2.16. The van der Waals surface area contributed by atoms with Gasteiger partial charge in [-0.2, -0.15) is 0 Å². The number of fused-ring (bicyclic) bond motifs is 1. The molecule has 4 nitrogen and oxygen atoms in total. The topological polar surface area (TPSA) is 46.1 Å². The second-order valence-electron chi connectivity index (χ2n) is 6.28. The number of benzene rings is 1. The molecule has 2 aromatic heterocycles. The van der Waals surface area contributed by atoms with Crippen LogP contribution >= 0.6 is 11.3 Å². The number of pyridine rings is 1. The van der Waals surface area contributed by atoms with Gasteiger partial charge in [0.2, 0.25) is 0 Å². The third kappa shape index (κ3) is 2.80. The first-order valence-electron chi connectivity index (χ1n) is 8.28. The van der Waals surface area contributed by atoms with E-state index in [4.69, 9.17) is 0 Å². The summed E-state index contributed by atoms with van der Waals surface area (Å²) in [6.07, 6.45) is 5.80. The number of carbonyl (C=O) groups is 1. The summed E-state index contributed by atoms with van der Waals surface area (Å²) in [5.41, 5.74) is 1.49. The number of aromatic nitrogens is 2. The van der Waals surface area contributed by atoms with Crippen molar-refractivity contribution in [1.29, 1.82) is 0 Å². The summed E-state index contributed by atoms with van der Waals surface area (Å²) in [7, 11) is 0. The van der Waals surface area contributed by atoms with Gasteiger partial charge in [-0.15, -0.1) is 11.3 Å². The number of carbonyl (C=O) groups excluding carboxylic acids is 1. The van der Waals surface area contributed by atoms with Crippen molar-refractivity contribution in [2.24, 2.45) is 0 Å². The second-order valence-corrected chi connectivity index (χ2v) is 7.55. The number of para-hydroxylation sites is 1. The minimum absolute atomic E-state index is 0.0808. The lowest BCUT2D eigenvalue weighted by atomic mass is 9.97. The number of aryl methyl sites for hydroxylation is 1. The SMILES string of the molecule is Cc1cnc([C@@H]2CCCN(C(=O)c3cccc4cccnc34)C2)s1. The van der Waals surface area contributed by atoms with Gasteiger partial charge >= 0.3 is 0 Å². The predicted molar refractivity (Wildman–Crippen MR) is 96.5 cm³/mol. The molecule has 0 spiro atoms. The molecule has 1 fully saturated rings. The molecule has 1 aromatic carbocycles. The van der Waals surface area contributed by atoms with Crippen molar-refractivity contribution in [2.45, 2.75) is 25.7 Å². The summed E-state index contributed by atoms with van der Waals surface area (Å²) < 4.78 is 0. The number of likely N-dealkylation sites (tertiary alicyclic amines) is 1. The number of amides is 1. The Morgan fingerprint density at radius 1 is 1.25 bits per heavy atom. The van der Waals surface area contributed by atoms with E-state index in [2.05, 4.69) is 16.9 Å². The number of rotatable bonds is 2. The van der Waals surface area contributed by atoms with Gasteiger partial charge < -0.3 is 4.90 Å². The standard InChI is InChI=1S/C19H19N3OS/c1-13-11-21-18(24-13)15-7-4-10-22(12-15)19(23)16-8-2-5-14-6-3-9-20-17(14)16/h2-3,5-6,8-9,11,15H,4,7,10,12H2,1H3/t15-/m1/s1. The fourth-order valence-electron chi connectivity index (χ4n) is 3.37. The maximum absolute atomic E-state index is 13.1. The van der Waals surface area contributed by atoms with Crippen LogP contribution in [-0.4, -0.2) is 33.9 Å². The molecule has 5 heteroatoms. The van der Waals surface area contributed by atoms with E-state index in [0.29, 0.717) is 11.5 Å². The van der Waals surface area contributed by atoms with Crippen LogP contribution in [0.25, 0.3) is 10.9 Å². The highest BCUT2D eigenvalue weighted by Crippen LogP contribution is 2.31. The quantitative estimate of drug-likeness (QED) is 0.709. The van der Waals surface area contributed by atoms with Crippen molar-refractivity contribution < 1.29 is 4.79 Å². The molecule has 0 radical (unpaired) electrons. The fourth-order valence-corrected chi connectivity index (χ4v) is 4.27. The minimum Gasteiger partial charge on any atom is -0.338 e. The summed E-state index contributed by atoms with van der Waals surface area (Å²) in [6, 6.07) is 9.71. The lowest BCUT2D eigenvalue weighted by Gasteiger charge is -2.32. The van der Waals surface area contributed by atoms with E-state index in [1.54, 1.807) is 17.5 Å². The monoisotopic (exact) mass is 337 g/mol. The summed E-state index contributed by atoms with van der Waals surface area (Å²) >= 11 is 1.74. The molecular formula is C19H19N3OS. The Bertz CT molecular complexity index is 884. The van der Waals surface area contributed by atoms with Crippen LogP contribution in [0.4, 0.5) is 0 Å². The summed E-state index contributed by atoms with van der Waals surface area (Å²) in [4.78, 5) is 25.2. The van der Waals surface area contributed by atoms with Crippen LogP contribution in [0.2, 0.25) is 0 Å². The van der Waals surface area contributed by atoms with Gasteiger partial charge in [0.25, 0.3) is 5.91 Å². The number of hydrogen-bond acceptors (Lipinski definition) is 4. The third-order valence-electron chi connectivity index (χ3n) is 4.56. The Morgan fingerprint density at radius 3 is 2.96 bits per heavy atom. The molecule has 0 saturated carbocycles. The lowest BCUT2D eigenvalue weighted by molar-refractivity contribution is 0.0709. The zero-order valence-electron chi connectivity index (χ0n) is 13.6. The van der Waals surface area contributed by atoms with Crippen LogP contribution in [0, 0.1) is 6.92 Å². The zero-order chi connectivity index (χ0) is 16.5. The molecule has 0 unspecified atom stereocenters. The molecule has 3 aromatic rings. The van der Waals surface area contributed by atoms with Crippen molar-refractivity contribution in [2.75, 3.05) is 13.1 Å². The van der Waals surface area contributed by atoms with Gasteiger partial charge in [0, 0.05) is 41.7 Å². The number of hydrogen-bond donors (Lipinski definition) is 0. The molecule has 0 N–H and O–H groups in total. The average Bonchev–Trinajstić information content (AvgIpc) is 3.07. The normalized spacial score (nSPS) is 18.0. The van der Waals surface area contributed by atoms with Crippen molar-refractivity contribution in [3.05, 3.63) is 58.2 Å². The van der Waals surface area contributed by atoms with Gasteiger partial charge in [-0.25, -0.2) is 4.98 Å². The van der Waals surface area contributed by atoms with E-state index in [1.807, 2.05) is 41.4 Å². The van der Waals surface area contributed by atoms with E-state index in [1.165, 1.54) is 4.88 Å². The largest absolute Gasteiger partial charge is 0.338 e. The Morgan fingerprint density at radius 2 is 2.12 bits per heavy atom. The third-order valence-corrected chi connectivity index (χ3v) is 5.64. The van der Waals surface area contributed by atoms with Gasteiger partial charge in [-0.3, -0.25) is 9.78 Å². The number of thiazole rings is 1. The highest BCUT2D eigenvalue weighted by Gasteiger charge is 2.28. The van der Waals surface area contributed by atoms with Crippen molar-refractivity contribution in [1.82, 2.24) is 14.9 Å². The fraction of sp³-hybridized carbons (Fsp3) is 0.316. The van der Waals surface area contributed by atoms with E-state index in [0.717, 1.165) is 41.8 Å². The Balaban J connectivity index is 1.61. The summed E-state index contributed by atoms with van der Waals surface area (Å²) in [5.74, 6) is 0.432. The molecule has 1 aliphatic rings. The molecular weight excluding hydrogens is 318 g/mol. The van der Waals surface area contributed by atoms with E-state index in [9.17, 15) is 4.79 Å². The predicted octanol–water partition coefficient (Wildman–Crippen LogP) is 4.02. The van der Waals surface area contributed by atoms with Gasteiger partial charge in [0.05, 0.1) is 16.1 Å². The molecule has 0 aliphatic carbocycles. The Hall–Kier alpha value is -2.27. The number of piperidine rings is 1. The van der Waals surface area contributed by atoms with Gasteiger partial charge in [0.15, 0.2) is 0 Å².